The van der Waals surface area contributed by atoms with Gasteiger partial charge in [0.25, 0.3) is 12.2 Å². The van der Waals surface area contributed by atoms with Crippen molar-refractivity contribution in [1.82, 2.24) is 0 Å². The SMILES string of the molecule is C/C=C/c1ccccc1[N+](=O)[O-].C=C(C)CCO.C=O.O=CO. The summed E-state index contributed by atoms with van der Waals surface area (Å²) in [5.41, 5.74) is 1.83. The first kappa shape index (κ1) is 25.2. The lowest BCUT2D eigenvalue weighted by Crippen LogP contribution is -1.89. The van der Waals surface area contributed by atoms with Crippen LogP contribution in [0.25, 0.3) is 6.08 Å². The summed E-state index contributed by atoms with van der Waals surface area (Å²) in [7, 11) is 0. The highest BCUT2D eigenvalue weighted by atomic mass is 16.6. The maximum atomic E-state index is 10.5. The number of carbonyl (C=O) groups excluding carboxylic acids is 1. The largest absolute Gasteiger partial charge is 0.483 e. The van der Waals surface area contributed by atoms with Gasteiger partial charge < -0.3 is 15.0 Å². The summed E-state index contributed by atoms with van der Waals surface area (Å²) >= 11 is 0. The van der Waals surface area contributed by atoms with Crippen molar-refractivity contribution in [2.75, 3.05) is 6.61 Å². The maximum Gasteiger partial charge on any atom is 0.290 e. The highest BCUT2D eigenvalue weighted by Gasteiger charge is 2.08. The number of carbonyl (C=O) groups is 2. The molecule has 0 fully saturated rings. The van der Waals surface area contributed by atoms with Crippen molar-refractivity contribution in [3.05, 3.63) is 58.2 Å². The Morgan fingerprint density at radius 3 is 2.13 bits per heavy atom. The molecule has 0 heterocycles. The smallest absolute Gasteiger partial charge is 0.290 e. The van der Waals surface area contributed by atoms with Gasteiger partial charge in [0.15, 0.2) is 0 Å². The Hall–Kier alpha value is -2.80. The summed E-state index contributed by atoms with van der Waals surface area (Å²) in [5.74, 6) is 0. The zero-order chi connectivity index (χ0) is 18.7. The van der Waals surface area contributed by atoms with E-state index in [0.29, 0.717) is 5.56 Å². The standard InChI is InChI=1S/C9H9NO2.C5H10O.CH2O2.CH2O/c1-2-5-8-6-3-4-7-9(8)10(11)12;1-5(2)3-4-6;2-1-3;1-2/h2-7H,1H3;6H,1,3-4H2,2H3;1H,(H,2,3);1H2/b5-2+;;;. The predicted molar refractivity (Wildman–Crippen MR) is 90.1 cm³/mol. The van der Waals surface area contributed by atoms with Crippen LogP contribution in [0, 0.1) is 10.1 Å². The molecule has 2 N–H and O–H groups in total. The number of rotatable bonds is 4. The second-order valence-corrected chi connectivity index (χ2v) is 3.85. The molecule has 0 aliphatic heterocycles. The fourth-order valence-corrected chi connectivity index (χ4v) is 1.17. The van der Waals surface area contributed by atoms with Crippen molar-refractivity contribution in [3.63, 3.8) is 0 Å². The number of para-hydroxylation sites is 1. The van der Waals surface area contributed by atoms with Crippen molar-refractivity contribution >= 4 is 25.0 Å². The average molecular weight is 325 g/mol. The number of nitro benzene ring substituents is 1. The molecule has 7 nitrogen and oxygen atoms in total. The number of nitro groups is 1. The number of nitrogens with zero attached hydrogens (tertiary/aromatic N) is 1. The molecule has 0 radical (unpaired) electrons. The van der Waals surface area contributed by atoms with E-state index in [1.54, 1.807) is 30.4 Å². The molecule has 0 saturated carbocycles. The molecule has 23 heavy (non-hydrogen) atoms. The summed E-state index contributed by atoms with van der Waals surface area (Å²) in [5, 5.41) is 25.5. The van der Waals surface area contributed by atoms with Gasteiger partial charge in [-0.15, -0.1) is 6.58 Å². The van der Waals surface area contributed by atoms with Crippen molar-refractivity contribution in [1.29, 1.82) is 0 Å². The molecular weight excluding hydrogens is 302 g/mol. The molecule has 1 aromatic rings. The van der Waals surface area contributed by atoms with Crippen LogP contribution in [0.1, 0.15) is 25.8 Å². The second kappa shape index (κ2) is 19.2. The van der Waals surface area contributed by atoms with Gasteiger partial charge in [-0.25, -0.2) is 0 Å². The third-order valence-electron chi connectivity index (χ3n) is 2.02. The lowest BCUT2D eigenvalue weighted by molar-refractivity contribution is -0.385. The van der Waals surface area contributed by atoms with Crippen LogP contribution in [0.3, 0.4) is 0 Å². The maximum absolute atomic E-state index is 10.5. The van der Waals surface area contributed by atoms with Crippen LogP contribution in [-0.4, -0.2) is 35.0 Å². The van der Waals surface area contributed by atoms with Crippen molar-refractivity contribution in [2.24, 2.45) is 0 Å². The first-order valence-corrected chi connectivity index (χ1v) is 6.42. The Morgan fingerprint density at radius 1 is 1.35 bits per heavy atom. The van der Waals surface area contributed by atoms with Crippen LogP contribution in [0.15, 0.2) is 42.5 Å². The molecule has 0 atom stereocenters. The molecule has 128 valence electrons. The van der Waals surface area contributed by atoms with E-state index in [9.17, 15) is 10.1 Å². The number of hydrogen-bond donors (Lipinski definition) is 2. The quantitative estimate of drug-likeness (QED) is 0.380. The zero-order valence-electron chi connectivity index (χ0n) is 13.3. The lowest BCUT2D eigenvalue weighted by atomic mass is 10.2. The molecular formula is C16H23NO6. The van der Waals surface area contributed by atoms with Gasteiger partial charge >= 0.3 is 0 Å². The first-order valence-electron chi connectivity index (χ1n) is 6.42. The van der Waals surface area contributed by atoms with E-state index >= 15 is 0 Å². The number of carboxylic acid groups (broad SMARTS) is 1. The molecule has 7 heteroatoms. The molecule has 0 spiro atoms. The molecule has 0 saturated heterocycles. The van der Waals surface area contributed by atoms with Crippen molar-refractivity contribution < 1.29 is 24.7 Å². The fraction of sp³-hybridized carbons (Fsp3) is 0.250. The minimum atomic E-state index is -0.380. The summed E-state index contributed by atoms with van der Waals surface area (Å²) in [6, 6.07) is 6.65. The molecule has 1 rings (SSSR count). The first-order chi connectivity index (χ1) is 10.9. The van der Waals surface area contributed by atoms with Gasteiger partial charge in [0.05, 0.1) is 10.5 Å². The van der Waals surface area contributed by atoms with Crippen LogP contribution in [0.4, 0.5) is 5.69 Å². The molecule has 0 unspecified atom stereocenters. The van der Waals surface area contributed by atoms with Gasteiger partial charge in [-0.05, 0) is 26.3 Å². The van der Waals surface area contributed by atoms with E-state index in [1.807, 2.05) is 20.6 Å². The fourth-order valence-electron chi connectivity index (χ4n) is 1.17. The van der Waals surface area contributed by atoms with E-state index in [2.05, 4.69) is 6.58 Å². The summed E-state index contributed by atoms with van der Waals surface area (Å²) < 4.78 is 0. The number of hydrogen-bond acceptors (Lipinski definition) is 5. The number of aliphatic hydroxyl groups excluding tert-OH is 1. The van der Waals surface area contributed by atoms with Gasteiger partial charge in [0.1, 0.15) is 6.79 Å². The number of aliphatic hydroxyl groups is 1. The van der Waals surface area contributed by atoms with Gasteiger partial charge in [0.2, 0.25) is 0 Å². The van der Waals surface area contributed by atoms with E-state index in [4.69, 9.17) is 19.8 Å². The van der Waals surface area contributed by atoms with E-state index in [0.717, 1.165) is 12.0 Å². The van der Waals surface area contributed by atoms with Crippen LogP contribution < -0.4 is 0 Å². The van der Waals surface area contributed by atoms with Crippen LogP contribution in [0.2, 0.25) is 0 Å². The highest BCUT2D eigenvalue weighted by Crippen LogP contribution is 2.18. The zero-order valence-corrected chi connectivity index (χ0v) is 13.3. The third kappa shape index (κ3) is 17.1. The van der Waals surface area contributed by atoms with E-state index < -0.39 is 0 Å². The van der Waals surface area contributed by atoms with Crippen LogP contribution >= 0.6 is 0 Å². The Labute approximate surface area is 135 Å². The second-order valence-electron chi connectivity index (χ2n) is 3.85. The topological polar surface area (TPSA) is 118 Å². The van der Waals surface area contributed by atoms with Gasteiger partial charge in [-0.2, -0.15) is 0 Å². The normalized spacial score (nSPS) is 8.30. The molecule has 0 aromatic heterocycles. The van der Waals surface area contributed by atoms with Gasteiger partial charge in [-0.3, -0.25) is 14.9 Å². The van der Waals surface area contributed by atoms with Crippen LogP contribution in [-0.2, 0) is 9.59 Å². The average Bonchev–Trinajstić information content (AvgIpc) is 2.51. The number of allylic oxidation sites excluding steroid dienone is 1. The summed E-state index contributed by atoms with van der Waals surface area (Å²) in [4.78, 5) is 26.4. The summed E-state index contributed by atoms with van der Waals surface area (Å²) in [6.07, 6.45) is 4.24. The van der Waals surface area contributed by atoms with Gasteiger partial charge in [-0.1, -0.05) is 29.9 Å². The Bertz CT molecular complexity index is 485. The van der Waals surface area contributed by atoms with Crippen LogP contribution in [0.5, 0.6) is 0 Å². The summed E-state index contributed by atoms with van der Waals surface area (Å²) in [6.45, 7) is 9.30. The highest BCUT2D eigenvalue weighted by molar-refractivity contribution is 5.60. The Kier molecular flexibility index (Phi) is 21.0. The predicted octanol–water partition coefficient (Wildman–Crippen LogP) is 3.09. The number of benzene rings is 1. The minimum Gasteiger partial charge on any atom is -0.483 e. The lowest BCUT2D eigenvalue weighted by Gasteiger charge is -1.94. The Balaban J connectivity index is -0.000000307. The molecule has 0 bridgehead atoms. The third-order valence-corrected chi connectivity index (χ3v) is 2.02. The molecule has 0 amide bonds. The van der Waals surface area contributed by atoms with Gasteiger partial charge in [0, 0.05) is 12.7 Å². The van der Waals surface area contributed by atoms with E-state index in [-0.39, 0.29) is 23.7 Å². The Morgan fingerprint density at radius 2 is 1.83 bits per heavy atom. The monoisotopic (exact) mass is 325 g/mol. The molecule has 0 aliphatic rings. The minimum absolute atomic E-state index is 0.149. The molecule has 0 aliphatic carbocycles. The van der Waals surface area contributed by atoms with Crippen molar-refractivity contribution in [3.8, 4) is 0 Å². The molecule has 1 aromatic carbocycles. The van der Waals surface area contributed by atoms with Crippen molar-refractivity contribution in [2.45, 2.75) is 20.3 Å². The van der Waals surface area contributed by atoms with E-state index in [1.165, 1.54) is 6.07 Å².